The van der Waals surface area contributed by atoms with Gasteiger partial charge in [0, 0.05) is 21.9 Å². The highest BCUT2D eigenvalue weighted by Crippen LogP contribution is 2.31. The van der Waals surface area contributed by atoms with Crippen LogP contribution in [0.2, 0.25) is 5.02 Å². The van der Waals surface area contributed by atoms with Gasteiger partial charge in [-0.1, -0.05) is 23.7 Å². The number of nitrogens with zero attached hydrogens (tertiary/aromatic N) is 1. The Morgan fingerprint density at radius 2 is 2.00 bits per heavy atom. The highest BCUT2D eigenvalue weighted by atomic mass is 35.5. The Labute approximate surface area is 140 Å². The van der Waals surface area contributed by atoms with Crippen LogP contribution >= 0.6 is 34.7 Å². The van der Waals surface area contributed by atoms with Crippen molar-refractivity contribution in [3.63, 3.8) is 0 Å². The fourth-order valence-electron chi connectivity index (χ4n) is 1.76. The van der Waals surface area contributed by atoms with Crippen LogP contribution in [0.25, 0.3) is 0 Å². The number of nitrogens with one attached hydrogen (secondary N) is 1. The Morgan fingerprint density at radius 3 is 2.67 bits per heavy atom. The van der Waals surface area contributed by atoms with Crippen molar-refractivity contribution in [2.75, 3.05) is 0 Å². The van der Waals surface area contributed by atoms with Crippen LogP contribution in [0.15, 0.2) is 29.2 Å². The number of aryl methyl sites for hydroxylation is 1. The zero-order valence-electron chi connectivity index (χ0n) is 12.9. The van der Waals surface area contributed by atoms with Gasteiger partial charge in [0.2, 0.25) is 0 Å². The van der Waals surface area contributed by atoms with Crippen molar-refractivity contribution >= 4 is 34.7 Å². The first kappa shape index (κ1) is 16.8. The minimum Gasteiger partial charge on any atom is -0.307 e. The van der Waals surface area contributed by atoms with Gasteiger partial charge in [-0.25, -0.2) is 4.98 Å². The summed E-state index contributed by atoms with van der Waals surface area (Å²) < 4.78 is 0. The van der Waals surface area contributed by atoms with Crippen molar-refractivity contribution in [2.24, 2.45) is 0 Å². The molecule has 21 heavy (non-hydrogen) atoms. The van der Waals surface area contributed by atoms with Crippen LogP contribution in [-0.2, 0) is 12.3 Å². The average Bonchev–Trinajstić information content (AvgIpc) is 2.75. The molecule has 2 rings (SSSR count). The second kappa shape index (κ2) is 7.14. The minimum absolute atomic E-state index is 0.128. The quantitative estimate of drug-likeness (QED) is 0.749. The molecule has 0 radical (unpaired) electrons. The molecule has 114 valence electrons. The maximum Gasteiger partial charge on any atom is 0.103 e. The monoisotopic (exact) mass is 340 g/mol. The van der Waals surface area contributed by atoms with Crippen molar-refractivity contribution < 1.29 is 0 Å². The largest absolute Gasteiger partial charge is 0.307 e. The molecule has 0 amide bonds. The normalized spacial score (nSPS) is 11.9. The summed E-state index contributed by atoms with van der Waals surface area (Å²) in [6.07, 6.45) is 0. The van der Waals surface area contributed by atoms with E-state index in [0.717, 1.165) is 32.9 Å². The van der Waals surface area contributed by atoms with Gasteiger partial charge in [0.05, 0.1) is 16.5 Å². The molecule has 0 fully saturated rings. The van der Waals surface area contributed by atoms with E-state index in [0.29, 0.717) is 0 Å². The number of thioether (sulfide) groups is 1. The molecule has 0 unspecified atom stereocenters. The second-order valence-corrected chi connectivity index (χ2v) is 8.53. The van der Waals surface area contributed by atoms with Crippen LogP contribution in [-0.4, -0.2) is 10.5 Å². The zero-order valence-corrected chi connectivity index (χ0v) is 15.3. The van der Waals surface area contributed by atoms with E-state index >= 15 is 0 Å². The van der Waals surface area contributed by atoms with Gasteiger partial charge in [-0.3, -0.25) is 0 Å². The molecule has 1 heterocycles. The van der Waals surface area contributed by atoms with Crippen LogP contribution in [0.4, 0.5) is 0 Å². The van der Waals surface area contributed by atoms with Gasteiger partial charge in [-0.05, 0) is 39.8 Å². The molecule has 0 atom stereocenters. The first-order valence-corrected chi connectivity index (χ1v) is 9.11. The van der Waals surface area contributed by atoms with Crippen molar-refractivity contribution in [1.82, 2.24) is 10.3 Å². The van der Waals surface area contributed by atoms with Gasteiger partial charge in [-0.15, -0.1) is 23.1 Å². The lowest BCUT2D eigenvalue weighted by atomic mass is 10.1. The van der Waals surface area contributed by atoms with E-state index in [2.05, 4.69) is 44.1 Å². The van der Waals surface area contributed by atoms with E-state index in [9.17, 15) is 0 Å². The van der Waals surface area contributed by atoms with Crippen molar-refractivity contribution in [3.05, 3.63) is 44.9 Å². The molecule has 0 saturated carbocycles. The van der Waals surface area contributed by atoms with Crippen molar-refractivity contribution in [3.8, 4) is 0 Å². The predicted molar refractivity (Wildman–Crippen MR) is 94.5 cm³/mol. The number of benzene rings is 1. The third kappa shape index (κ3) is 5.29. The highest BCUT2D eigenvalue weighted by molar-refractivity contribution is 7.98. The summed E-state index contributed by atoms with van der Waals surface area (Å²) in [5.74, 6) is 0.866. The Balaban J connectivity index is 1.97. The van der Waals surface area contributed by atoms with Gasteiger partial charge in [0.15, 0.2) is 0 Å². The first-order chi connectivity index (χ1) is 9.85. The van der Waals surface area contributed by atoms with E-state index in [-0.39, 0.29) is 5.54 Å². The number of hydrogen-bond acceptors (Lipinski definition) is 4. The molecule has 0 bridgehead atoms. The highest BCUT2D eigenvalue weighted by Gasteiger charge is 2.13. The molecule has 2 aromatic rings. The van der Waals surface area contributed by atoms with E-state index in [4.69, 9.17) is 11.6 Å². The summed E-state index contributed by atoms with van der Waals surface area (Å²) in [7, 11) is 0. The summed E-state index contributed by atoms with van der Waals surface area (Å²) in [6.45, 7) is 9.50. The Hall–Kier alpha value is -0.550. The maximum absolute atomic E-state index is 6.18. The molecule has 1 aromatic carbocycles. The second-order valence-electron chi connectivity index (χ2n) is 5.94. The van der Waals surface area contributed by atoms with Crippen molar-refractivity contribution in [1.29, 1.82) is 0 Å². The number of thiazole rings is 1. The third-order valence-electron chi connectivity index (χ3n) is 2.90. The predicted octanol–water partition coefficient (Wildman–Crippen LogP) is 5.29. The fraction of sp³-hybridized carbons (Fsp3) is 0.438. The molecular weight excluding hydrogens is 320 g/mol. The number of halogens is 1. The molecule has 0 aliphatic heterocycles. The molecule has 1 N–H and O–H groups in total. The fourth-order valence-corrected chi connectivity index (χ4v) is 4.00. The van der Waals surface area contributed by atoms with E-state index < -0.39 is 0 Å². The third-order valence-corrected chi connectivity index (χ3v) is 5.77. The lowest BCUT2D eigenvalue weighted by Gasteiger charge is -2.19. The van der Waals surface area contributed by atoms with Crippen LogP contribution in [0.5, 0.6) is 0 Å². The van der Waals surface area contributed by atoms with E-state index in [1.165, 1.54) is 4.88 Å². The van der Waals surface area contributed by atoms with E-state index in [1.54, 1.807) is 23.1 Å². The van der Waals surface area contributed by atoms with Crippen LogP contribution < -0.4 is 5.32 Å². The summed E-state index contributed by atoms with van der Waals surface area (Å²) in [5, 5.41) is 5.48. The SMILES string of the molecule is Cc1nc(CSc2ccccc2Cl)sc1CNC(C)(C)C. The van der Waals surface area contributed by atoms with Crippen molar-refractivity contribution in [2.45, 2.75) is 50.4 Å². The number of rotatable bonds is 5. The summed E-state index contributed by atoms with van der Waals surface area (Å²) in [5.41, 5.74) is 1.26. The Morgan fingerprint density at radius 1 is 1.29 bits per heavy atom. The smallest absolute Gasteiger partial charge is 0.103 e. The topological polar surface area (TPSA) is 24.9 Å². The number of aromatic nitrogens is 1. The molecule has 0 aliphatic rings. The molecule has 0 aliphatic carbocycles. The van der Waals surface area contributed by atoms with Gasteiger partial charge < -0.3 is 5.32 Å². The number of hydrogen-bond donors (Lipinski definition) is 1. The zero-order chi connectivity index (χ0) is 15.5. The Kier molecular flexibility index (Phi) is 5.72. The Bertz CT molecular complexity index is 603. The molecular formula is C16H21ClN2S2. The molecule has 2 nitrogen and oxygen atoms in total. The lowest BCUT2D eigenvalue weighted by Crippen LogP contribution is -2.34. The summed E-state index contributed by atoms with van der Waals surface area (Å²) >= 11 is 9.71. The lowest BCUT2D eigenvalue weighted by molar-refractivity contribution is 0.425. The van der Waals surface area contributed by atoms with E-state index in [1.807, 2.05) is 18.2 Å². The molecule has 5 heteroatoms. The van der Waals surface area contributed by atoms with Crippen LogP contribution in [0, 0.1) is 6.92 Å². The van der Waals surface area contributed by atoms with Gasteiger partial charge in [-0.2, -0.15) is 0 Å². The molecule has 0 saturated heterocycles. The standard InChI is InChI=1S/C16H21ClN2S2/c1-11-14(9-18-16(2,3)4)21-15(19-11)10-20-13-8-6-5-7-12(13)17/h5-8,18H,9-10H2,1-4H3. The summed E-state index contributed by atoms with van der Waals surface area (Å²) in [4.78, 5) is 7.10. The molecule has 1 aromatic heterocycles. The minimum atomic E-state index is 0.128. The first-order valence-electron chi connectivity index (χ1n) is 6.93. The summed E-state index contributed by atoms with van der Waals surface area (Å²) in [6, 6.07) is 7.95. The maximum atomic E-state index is 6.18. The van der Waals surface area contributed by atoms with Gasteiger partial charge in [0.25, 0.3) is 0 Å². The van der Waals surface area contributed by atoms with Gasteiger partial charge in [0.1, 0.15) is 5.01 Å². The van der Waals surface area contributed by atoms with Gasteiger partial charge >= 0.3 is 0 Å². The van der Waals surface area contributed by atoms with Crippen LogP contribution in [0.1, 0.15) is 36.3 Å². The molecule has 0 spiro atoms. The average molecular weight is 341 g/mol. The van der Waals surface area contributed by atoms with Crippen LogP contribution in [0.3, 0.4) is 0 Å².